The second-order valence-electron chi connectivity index (χ2n) is 6.07. The maximum absolute atomic E-state index is 12.9. The van der Waals surface area contributed by atoms with Crippen molar-refractivity contribution in [1.82, 2.24) is 5.43 Å². The predicted octanol–water partition coefficient (Wildman–Crippen LogP) is 4.96. The molecule has 0 unspecified atom stereocenters. The van der Waals surface area contributed by atoms with Crippen LogP contribution in [0.25, 0.3) is 0 Å². The molecule has 3 rings (SSSR count). The summed E-state index contributed by atoms with van der Waals surface area (Å²) in [5.41, 5.74) is 4.09. The summed E-state index contributed by atoms with van der Waals surface area (Å²) in [6.45, 7) is 1.91. The van der Waals surface area contributed by atoms with Crippen LogP contribution in [-0.4, -0.2) is 11.6 Å². The molecule has 1 aliphatic rings. The van der Waals surface area contributed by atoms with E-state index in [1.54, 1.807) is 24.3 Å². The fraction of sp³-hybridized carbons (Fsp3) is 0.222. The first-order chi connectivity index (χ1) is 12.2. The number of amides is 1. The van der Waals surface area contributed by atoms with Crippen molar-refractivity contribution in [2.24, 2.45) is 11.0 Å². The topological polar surface area (TPSA) is 53.5 Å². The SMILES string of the molecule is C[C@@H]1CC(=O)NN=C1c1ccc(Nc2cc(Cl)cc(C(F)(F)F)c2)cc1. The molecule has 136 valence electrons. The van der Waals surface area contributed by atoms with Crippen molar-refractivity contribution >= 4 is 34.6 Å². The van der Waals surface area contributed by atoms with Gasteiger partial charge in [-0.05, 0) is 35.9 Å². The van der Waals surface area contributed by atoms with E-state index < -0.39 is 11.7 Å². The summed E-state index contributed by atoms with van der Waals surface area (Å²) in [5, 5.41) is 6.99. The molecule has 0 spiro atoms. The summed E-state index contributed by atoms with van der Waals surface area (Å²) in [4.78, 5) is 11.3. The molecule has 0 saturated carbocycles. The van der Waals surface area contributed by atoms with Crippen LogP contribution < -0.4 is 10.7 Å². The Bertz CT molecular complexity index is 863. The van der Waals surface area contributed by atoms with E-state index in [-0.39, 0.29) is 22.5 Å². The average Bonchev–Trinajstić information content (AvgIpc) is 2.54. The van der Waals surface area contributed by atoms with Gasteiger partial charge >= 0.3 is 6.18 Å². The van der Waals surface area contributed by atoms with Crippen molar-refractivity contribution in [2.75, 3.05) is 5.32 Å². The Labute approximate surface area is 153 Å². The lowest BCUT2D eigenvalue weighted by Crippen LogP contribution is -2.31. The molecular weight excluding hydrogens is 367 g/mol. The molecule has 8 heteroatoms. The normalized spacial score (nSPS) is 17.5. The lowest BCUT2D eigenvalue weighted by Gasteiger charge is -2.19. The van der Waals surface area contributed by atoms with Crippen LogP contribution in [0, 0.1) is 5.92 Å². The summed E-state index contributed by atoms with van der Waals surface area (Å²) < 4.78 is 38.6. The number of nitrogens with one attached hydrogen (secondary N) is 2. The number of carbonyl (C=O) groups excluding carboxylic acids is 1. The van der Waals surface area contributed by atoms with Crippen molar-refractivity contribution in [3.63, 3.8) is 0 Å². The van der Waals surface area contributed by atoms with Gasteiger partial charge in [-0.1, -0.05) is 30.7 Å². The number of rotatable bonds is 3. The fourth-order valence-corrected chi connectivity index (χ4v) is 2.95. The van der Waals surface area contributed by atoms with Crippen LogP contribution in [0.4, 0.5) is 24.5 Å². The fourth-order valence-electron chi connectivity index (χ4n) is 2.72. The molecule has 0 radical (unpaired) electrons. The van der Waals surface area contributed by atoms with Gasteiger partial charge in [0.05, 0.1) is 11.3 Å². The van der Waals surface area contributed by atoms with Crippen LogP contribution in [0.5, 0.6) is 0 Å². The molecule has 1 heterocycles. The molecule has 2 N–H and O–H groups in total. The molecule has 4 nitrogen and oxygen atoms in total. The van der Waals surface area contributed by atoms with Crippen molar-refractivity contribution in [3.05, 3.63) is 58.6 Å². The van der Waals surface area contributed by atoms with E-state index in [0.29, 0.717) is 12.1 Å². The summed E-state index contributed by atoms with van der Waals surface area (Å²) in [5.74, 6) is -0.134. The molecule has 2 aromatic carbocycles. The van der Waals surface area contributed by atoms with Gasteiger partial charge < -0.3 is 5.32 Å². The number of benzene rings is 2. The molecule has 1 aliphatic heterocycles. The highest BCUT2D eigenvalue weighted by Gasteiger charge is 2.31. The Balaban J connectivity index is 1.80. The maximum Gasteiger partial charge on any atom is 0.416 e. The lowest BCUT2D eigenvalue weighted by atomic mass is 9.94. The number of halogens is 4. The van der Waals surface area contributed by atoms with Gasteiger partial charge in [0.15, 0.2) is 0 Å². The molecule has 0 fully saturated rings. The van der Waals surface area contributed by atoms with E-state index in [1.165, 1.54) is 6.07 Å². The van der Waals surface area contributed by atoms with E-state index in [4.69, 9.17) is 11.6 Å². The van der Waals surface area contributed by atoms with Crippen LogP contribution in [0.15, 0.2) is 47.6 Å². The standard InChI is InChI=1S/C18H15ClF3N3O/c1-10-6-16(26)24-25-17(10)11-2-4-14(5-3-11)23-15-8-12(18(20,21)22)7-13(19)9-15/h2-5,7-10,23H,6H2,1H3,(H,24,26)/t10-/m1/s1. The Kier molecular flexibility index (Phi) is 4.91. The van der Waals surface area contributed by atoms with E-state index in [2.05, 4.69) is 15.8 Å². The molecule has 2 aromatic rings. The molecular formula is C18H15ClF3N3O. The Morgan fingerprint density at radius 1 is 1.15 bits per heavy atom. The van der Waals surface area contributed by atoms with Crippen molar-refractivity contribution in [3.8, 4) is 0 Å². The van der Waals surface area contributed by atoms with Gasteiger partial charge in [0.25, 0.3) is 0 Å². The number of carbonyl (C=O) groups is 1. The highest BCUT2D eigenvalue weighted by Crippen LogP contribution is 2.34. The Morgan fingerprint density at radius 2 is 1.85 bits per heavy atom. The zero-order valence-corrected chi connectivity index (χ0v) is 14.4. The average molecular weight is 382 g/mol. The van der Waals surface area contributed by atoms with Crippen molar-refractivity contribution in [2.45, 2.75) is 19.5 Å². The summed E-state index contributed by atoms with van der Waals surface area (Å²) in [6.07, 6.45) is -4.10. The highest BCUT2D eigenvalue weighted by atomic mass is 35.5. The second kappa shape index (κ2) is 6.99. The summed E-state index contributed by atoms with van der Waals surface area (Å²) >= 11 is 5.79. The van der Waals surface area contributed by atoms with Gasteiger partial charge in [0.2, 0.25) is 5.91 Å². The largest absolute Gasteiger partial charge is 0.416 e. The Hall–Kier alpha value is -2.54. The molecule has 26 heavy (non-hydrogen) atoms. The number of hydrogen-bond acceptors (Lipinski definition) is 3. The zero-order chi connectivity index (χ0) is 18.9. The zero-order valence-electron chi connectivity index (χ0n) is 13.7. The van der Waals surface area contributed by atoms with Crippen LogP contribution in [0.2, 0.25) is 5.02 Å². The van der Waals surface area contributed by atoms with Gasteiger partial charge in [-0.25, -0.2) is 5.43 Å². The third-order valence-corrected chi connectivity index (χ3v) is 4.17. The second-order valence-corrected chi connectivity index (χ2v) is 6.50. The third kappa shape index (κ3) is 4.16. The van der Waals surface area contributed by atoms with Crippen LogP contribution >= 0.6 is 11.6 Å². The third-order valence-electron chi connectivity index (χ3n) is 3.95. The predicted molar refractivity (Wildman–Crippen MR) is 94.6 cm³/mol. The van der Waals surface area contributed by atoms with Crippen LogP contribution in [-0.2, 0) is 11.0 Å². The van der Waals surface area contributed by atoms with Crippen molar-refractivity contribution in [1.29, 1.82) is 0 Å². The quantitative estimate of drug-likeness (QED) is 0.789. The van der Waals surface area contributed by atoms with Gasteiger partial charge in [-0.2, -0.15) is 18.3 Å². The number of nitrogens with zero attached hydrogens (tertiary/aromatic N) is 1. The van der Waals surface area contributed by atoms with E-state index >= 15 is 0 Å². The van der Waals surface area contributed by atoms with Gasteiger partial charge in [-0.3, -0.25) is 4.79 Å². The highest BCUT2D eigenvalue weighted by molar-refractivity contribution is 6.31. The minimum atomic E-state index is -4.47. The first-order valence-corrected chi connectivity index (χ1v) is 8.22. The first kappa shape index (κ1) is 18.3. The Morgan fingerprint density at radius 3 is 2.46 bits per heavy atom. The molecule has 0 saturated heterocycles. The minimum Gasteiger partial charge on any atom is -0.355 e. The maximum atomic E-state index is 12.9. The van der Waals surface area contributed by atoms with Gasteiger partial charge in [-0.15, -0.1) is 0 Å². The minimum absolute atomic E-state index is 0.0000673. The molecule has 0 aromatic heterocycles. The molecule has 0 aliphatic carbocycles. The van der Waals surface area contributed by atoms with Crippen LogP contribution in [0.3, 0.4) is 0 Å². The number of anilines is 2. The molecule has 1 amide bonds. The number of hydrazone groups is 1. The summed E-state index contributed by atoms with van der Waals surface area (Å²) in [6, 6.07) is 10.4. The number of alkyl halides is 3. The van der Waals surface area contributed by atoms with Gasteiger partial charge in [0, 0.05) is 28.7 Å². The number of hydrogen-bond donors (Lipinski definition) is 2. The molecule has 1 atom stereocenters. The van der Waals surface area contributed by atoms with E-state index in [1.807, 2.05) is 6.92 Å². The van der Waals surface area contributed by atoms with E-state index in [0.717, 1.165) is 23.4 Å². The summed E-state index contributed by atoms with van der Waals surface area (Å²) in [7, 11) is 0. The first-order valence-electron chi connectivity index (χ1n) is 7.84. The van der Waals surface area contributed by atoms with Crippen molar-refractivity contribution < 1.29 is 18.0 Å². The van der Waals surface area contributed by atoms with Crippen LogP contribution in [0.1, 0.15) is 24.5 Å². The van der Waals surface area contributed by atoms with Gasteiger partial charge in [0.1, 0.15) is 0 Å². The molecule has 0 bridgehead atoms. The smallest absolute Gasteiger partial charge is 0.355 e. The monoisotopic (exact) mass is 381 g/mol. The van der Waals surface area contributed by atoms with E-state index in [9.17, 15) is 18.0 Å². The lowest BCUT2D eigenvalue weighted by molar-refractivity contribution is -0.137.